The van der Waals surface area contributed by atoms with E-state index in [9.17, 15) is 0 Å². The van der Waals surface area contributed by atoms with E-state index in [1.54, 1.807) is 0 Å². The number of nitrogens with two attached hydrogens (primary N) is 1. The third kappa shape index (κ3) is 2.33. The van der Waals surface area contributed by atoms with Crippen molar-refractivity contribution in [3.63, 3.8) is 0 Å². The molecule has 0 aliphatic rings. The van der Waals surface area contributed by atoms with E-state index in [2.05, 4.69) is 31.5 Å². The van der Waals surface area contributed by atoms with E-state index in [4.69, 9.17) is 5.73 Å². The van der Waals surface area contributed by atoms with Crippen LogP contribution < -0.4 is 5.73 Å². The average Bonchev–Trinajstić information content (AvgIpc) is 2.66. The third-order valence-corrected chi connectivity index (χ3v) is 3.04. The van der Waals surface area contributed by atoms with Crippen molar-refractivity contribution in [1.82, 2.24) is 9.55 Å². The zero-order valence-corrected chi connectivity index (χ0v) is 10.7. The molecule has 16 heavy (non-hydrogen) atoms. The molecule has 0 saturated carbocycles. The van der Waals surface area contributed by atoms with E-state index in [0.717, 1.165) is 22.3 Å². The van der Waals surface area contributed by atoms with Crippen LogP contribution in [0.25, 0.3) is 11.3 Å². The molecule has 0 amide bonds. The maximum absolute atomic E-state index is 5.81. The number of aromatic nitrogens is 2. The van der Waals surface area contributed by atoms with Crippen molar-refractivity contribution < 1.29 is 0 Å². The summed E-state index contributed by atoms with van der Waals surface area (Å²) in [6.45, 7) is 2.76. The minimum absolute atomic E-state index is 0.121. The fourth-order valence-electron chi connectivity index (χ4n) is 1.67. The Morgan fingerprint density at radius 2 is 2.19 bits per heavy atom. The molecule has 1 unspecified atom stereocenters. The standard InChI is InChI=1S/C12H14BrN3/c1-9(14)7-16-8-15-6-12(16)10-4-2-3-5-11(10)13/h2-6,8-9H,7,14H2,1H3. The molecular formula is C12H14BrN3. The molecule has 0 bridgehead atoms. The summed E-state index contributed by atoms with van der Waals surface area (Å²) in [6.07, 6.45) is 3.68. The lowest BCUT2D eigenvalue weighted by Crippen LogP contribution is -2.22. The lowest BCUT2D eigenvalue weighted by Gasteiger charge is -2.11. The molecule has 4 heteroatoms. The van der Waals surface area contributed by atoms with Gasteiger partial charge in [-0.05, 0) is 13.0 Å². The van der Waals surface area contributed by atoms with E-state index in [-0.39, 0.29) is 6.04 Å². The monoisotopic (exact) mass is 279 g/mol. The predicted molar refractivity (Wildman–Crippen MR) is 69.0 cm³/mol. The van der Waals surface area contributed by atoms with Gasteiger partial charge in [0, 0.05) is 22.6 Å². The topological polar surface area (TPSA) is 43.8 Å². The Labute approximate surface area is 103 Å². The van der Waals surface area contributed by atoms with Crippen LogP contribution in [-0.4, -0.2) is 15.6 Å². The van der Waals surface area contributed by atoms with Crippen LogP contribution in [0.2, 0.25) is 0 Å². The highest BCUT2D eigenvalue weighted by Crippen LogP contribution is 2.27. The summed E-state index contributed by atoms with van der Waals surface area (Å²) in [5.41, 5.74) is 8.04. The Balaban J connectivity index is 2.41. The highest BCUT2D eigenvalue weighted by atomic mass is 79.9. The van der Waals surface area contributed by atoms with Gasteiger partial charge >= 0.3 is 0 Å². The SMILES string of the molecule is CC(N)Cn1cncc1-c1ccccc1Br. The number of benzene rings is 1. The quantitative estimate of drug-likeness (QED) is 0.939. The van der Waals surface area contributed by atoms with Crippen LogP contribution in [0.15, 0.2) is 41.3 Å². The Hall–Kier alpha value is -1.13. The molecule has 0 aliphatic heterocycles. The van der Waals surface area contributed by atoms with E-state index in [0.29, 0.717) is 0 Å². The number of nitrogens with zero attached hydrogens (tertiary/aromatic N) is 2. The molecular weight excluding hydrogens is 266 g/mol. The summed E-state index contributed by atoms with van der Waals surface area (Å²) in [7, 11) is 0. The molecule has 3 nitrogen and oxygen atoms in total. The van der Waals surface area contributed by atoms with Crippen molar-refractivity contribution in [2.75, 3.05) is 0 Å². The van der Waals surface area contributed by atoms with E-state index < -0.39 is 0 Å². The molecule has 0 fully saturated rings. The van der Waals surface area contributed by atoms with Gasteiger partial charge in [0.05, 0.1) is 18.2 Å². The van der Waals surface area contributed by atoms with Crippen LogP contribution in [-0.2, 0) is 6.54 Å². The minimum atomic E-state index is 0.121. The summed E-state index contributed by atoms with van der Waals surface area (Å²) >= 11 is 3.55. The van der Waals surface area contributed by atoms with Crippen LogP contribution in [0.5, 0.6) is 0 Å². The molecule has 0 spiro atoms. The van der Waals surface area contributed by atoms with Crippen molar-refractivity contribution in [3.05, 3.63) is 41.3 Å². The first-order valence-corrected chi connectivity index (χ1v) is 5.98. The second kappa shape index (κ2) is 4.80. The Kier molecular flexibility index (Phi) is 3.41. The maximum atomic E-state index is 5.81. The average molecular weight is 280 g/mol. The van der Waals surface area contributed by atoms with Crippen LogP contribution >= 0.6 is 15.9 Å². The highest BCUT2D eigenvalue weighted by molar-refractivity contribution is 9.10. The number of imidazole rings is 1. The van der Waals surface area contributed by atoms with Gasteiger partial charge in [-0.2, -0.15) is 0 Å². The smallest absolute Gasteiger partial charge is 0.0951 e. The molecule has 1 atom stereocenters. The number of hydrogen-bond acceptors (Lipinski definition) is 2. The van der Waals surface area contributed by atoms with Gasteiger partial charge in [0.25, 0.3) is 0 Å². The molecule has 0 aliphatic carbocycles. The number of halogens is 1. The van der Waals surface area contributed by atoms with E-state index in [1.807, 2.05) is 37.6 Å². The Morgan fingerprint density at radius 3 is 2.88 bits per heavy atom. The fraction of sp³-hybridized carbons (Fsp3) is 0.250. The van der Waals surface area contributed by atoms with E-state index in [1.165, 1.54) is 0 Å². The van der Waals surface area contributed by atoms with Crippen LogP contribution in [0, 0.1) is 0 Å². The zero-order chi connectivity index (χ0) is 11.5. The molecule has 0 saturated heterocycles. The molecule has 84 valence electrons. The zero-order valence-electron chi connectivity index (χ0n) is 9.10. The van der Waals surface area contributed by atoms with Crippen molar-refractivity contribution in [1.29, 1.82) is 0 Å². The summed E-state index contributed by atoms with van der Waals surface area (Å²) < 4.78 is 3.14. The van der Waals surface area contributed by atoms with Crippen LogP contribution in [0.1, 0.15) is 6.92 Å². The third-order valence-electron chi connectivity index (χ3n) is 2.35. The summed E-state index contributed by atoms with van der Waals surface area (Å²) in [5.74, 6) is 0. The molecule has 0 radical (unpaired) electrons. The fourth-order valence-corrected chi connectivity index (χ4v) is 2.16. The van der Waals surface area contributed by atoms with Gasteiger partial charge in [-0.3, -0.25) is 0 Å². The number of hydrogen-bond donors (Lipinski definition) is 1. The second-order valence-electron chi connectivity index (χ2n) is 3.89. The molecule has 1 aromatic carbocycles. The van der Waals surface area contributed by atoms with E-state index >= 15 is 0 Å². The first-order chi connectivity index (χ1) is 7.68. The van der Waals surface area contributed by atoms with Crippen molar-refractivity contribution in [2.24, 2.45) is 5.73 Å². The molecule has 1 aromatic heterocycles. The van der Waals surface area contributed by atoms with Crippen LogP contribution in [0.3, 0.4) is 0 Å². The van der Waals surface area contributed by atoms with Crippen molar-refractivity contribution in [3.8, 4) is 11.3 Å². The first-order valence-electron chi connectivity index (χ1n) is 5.19. The minimum Gasteiger partial charge on any atom is -0.329 e. The van der Waals surface area contributed by atoms with Crippen molar-refractivity contribution in [2.45, 2.75) is 19.5 Å². The Bertz CT molecular complexity index is 477. The summed E-state index contributed by atoms with van der Waals surface area (Å²) in [5, 5.41) is 0. The van der Waals surface area contributed by atoms with Gasteiger partial charge in [0.15, 0.2) is 0 Å². The summed E-state index contributed by atoms with van der Waals surface area (Å²) in [6, 6.07) is 8.23. The van der Waals surface area contributed by atoms with Crippen LogP contribution in [0.4, 0.5) is 0 Å². The van der Waals surface area contributed by atoms with Crippen molar-refractivity contribution >= 4 is 15.9 Å². The molecule has 1 heterocycles. The van der Waals surface area contributed by atoms with Gasteiger partial charge in [-0.1, -0.05) is 34.1 Å². The highest BCUT2D eigenvalue weighted by Gasteiger charge is 2.08. The predicted octanol–water partition coefficient (Wildman–Crippen LogP) is 2.66. The summed E-state index contributed by atoms with van der Waals surface area (Å²) in [4.78, 5) is 4.18. The van der Waals surface area contributed by atoms with Gasteiger partial charge in [-0.15, -0.1) is 0 Å². The lowest BCUT2D eigenvalue weighted by molar-refractivity contribution is 0.593. The maximum Gasteiger partial charge on any atom is 0.0951 e. The van der Waals surface area contributed by atoms with Gasteiger partial charge < -0.3 is 10.3 Å². The van der Waals surface area contributed by atoms with Gasteiger partial charge in [-0.25, -0.2) is 4.98 Å². The first kappa shape index (κ1) is 11.4. The molecule has 2 N–H and O–H groups in total. The molecule has 2 rings (SSSR count). The Morgan fingerprint density at radius 1 is 1.44 bits per heavy atom. The normalized spacial score (nSPS) is 12.7. The number of rotatable bonds is 3. The van der Waals surface area contributed by atoms with Gasteiger partial charge in [0.1, 0.15) is 0 Å². The van der Waals surface area contributed by atoms with Gasteiger partial charge in [0.2, 0.25) is 0 Å². The lowest BCUT2D eigenvalue weighted by atomic mass is 10.1. The largest absolute Gasteiger partial charge is 0.329 e. The molecule has 2 aromatic rings. The second-order valence-corrected chi connectivity index (χ2v) is 4.74.